The van der Waals surface area contributed by atoms with Crippen LogP contribution in [0.1, 0.15) is 16.6 Å². The Morgan fingerprint density at radius 3 is 2.54 bits per heavy atom. The second-order valence-corrected chi connectivity index (χ2v) is 8.89. The average molecular weight is 393 g/mol. The number of halogens is 1. The second kappa shape index (κ2) is 7.84. The molecule has 1 N–H and O–H groups in total. The van der Waals surface area contributed by atoms with Gasteiger partial charge in [-0.3, -0.25) is 4.79 Å². The van der Waals surface area contributed by atoms with Gasteiger partial charge in [-0.2, -0.15) is 0 Å². The number of nitrogens with one attached hydrogen (secondary N) is 1. The molecule has 3 aromatic rings. The van der Waals surface area contributed by atoms with Crippen molar-refractivity contribution in [3.8, 4) is 0 Å². The summed E-state index contributed by atoms with van der Waals surface area (Å²) >= 11 is 1.12. The predicted molar refractivity (Wildman–Crippen MR) is 96.1 cm³/mol. The van der Waals surface area contributed by atoms with Gasteiger partial charge in [0, 0.05) is 6.54 Å². The lowest BCUT2D eigenvalue weighted by Crippen LogP contribution is -2.32. The van der Waals surface area contributed by atoms with Crippen LogP contribution in [0.4, 0.5) is 4.39 Å². The highest BCUT2D eigenvalue weighted by molar-refractivity contribution is 7.93. The summed E-state index contributed by atoms with van der Waals surface area (Å²) < 4.78 is 44.1. The molecule has 1 aromatic carbocycles. The van der Waals surface area contributed by atoms with E-state index in [9.17, 15) is 17.6 Å². The molecule has 0 saturated carbocycles. The van der Waals surface area contributed by atoms with Gasteiger partial charge >= 0.3 is 0 Å². The fourth-order valence-electron chi connectivity index (χ4n) is 2.46. The molecule has 2 heterocycles. The van der Waals surface area contributed by atoms with Crippen molar-refractivity contribution >= 4 is 27.1 Å². The van der Waals surface area contributed by atoms with E-state index < -0.39 is 15.1 Å². The molecule has 0 saturated heterocycles. The fourth-order valence-corrected chi connectivity index (χ4v) is 5.25. The molecule has 0 aliphatic carbocycles. The highest BCUT2D eigenvalue weighted by atomic mass is 32.2. The van der Waals surface area contributed by atoms with E-state index in [1.165, 1.54) is 36.6 Å². The van der Waals surface area contributed by atoms with Crippen LogP contribution in [-0.2, 0) is 21.1 Å². The van der Waals surface area contributed by atoms with Gasteiger partial charge in [-0.15, -0.1) is 11.3 Å². The zero-order valence-electron chi connectivity index (χ0n) is 13.6. The number of rotatable bonds is 7. The van der Waals surface area contributed by atoms with Crippen LogP contribution in [0.2, 0.25) is 0 Å². The van der Waals surface area contributed by atoms with Gasteiger partial charge in [-0.25, -0.2) is 12.8 Å². The minimum absolute atomic E-state index is 0.0319. The van der Waals surface area contributed by atoms with E-state index in [1.54, 1.807) is 23.6 Å². The van der Waals surface area contributed by atoms with Crippen molar-refractivity contribution in [1.29, 1.82) is 0 Å². The first-order valence-electron chi connectivity index (χ1n) is 7.79. The van der Waals surface area contributed by atoms with E-state index >= 15 is 0 Å². The summed E-state index contributed by atoms with van der Waals surface area (Å²) in [5.41, 5.74) is 0.638. The third kappa shape index (κ3) is 4.20. The lowest BCUT2D eigenvalue weighted by Gasteiger charge is -2.15. The summed E-state index contributed by atoms with van der Waals surface area (Å²) in [6.45, 7) is -0.117. The first-order valence-corrected chi connectivity index (χ1v) is 10.2. The third-order valence-corrected chi connectivity index (χ3v) is 7.27. The Hall–Kier alpha value is -2.45. The molecule has 3 rings (SSSR count). The molecule has 8 heteroatoms. The van der Waals surface area contributed by atoms with E-state index in [-0.39, 0.29) is 34.7 Å². The molecular weight excluding hydrogens is 377 g/mol. The molecule has 0 aliphatic rings. The Bertz CT molecular complexity index is 949. The van der Waals surface area contributed by atoms with Gasteiger partial charge in [0.15, 0.2) is 9.84 Å². The summed E-state index contributed by atoms with van der Waals surface area (Å²) in [4.78, 5) is 12.2. The molecule has 136 valence electrons. The highest BCUT2D eigenvalue weighted by Gasteiger charge is 2.32. The van der Waals surface area contributed by atoms with Crippen molar-refractivity contribution < 1.29 is 22.0 Å². The molecule has 26 heavy (non-hydrogen) atoms. The molecule has 0 fully saturated rings. The molecule has 0 spiro atoms. The Kier molecular flexibility index (Phi) is 5.53. The van der Waals surface area contributed by atoms with E-state index in [1.807, 2.05) is 0 Å². The molecular formula is C18H16FNO4S2. The maximum absolute atomic E-state index is 12.9. The van der Waals surface area contributed by atoms with Crippen molar-refractivity contribution in [3.05, 3.63) is 77.3 Å². The lowest BCUT2D eigenvalue weighted by molar-refractivity contribution is -0.120. The van der Waals surface area contributed by atoms with E-state index in [0.717, 1.165) is 11.3 Å². The van der Waals surface area contributed by atoms with Crippen molar-refractivity contribution in [1.82, 2.24) is 5.32 Å². The number of carbonyl (C=O) groups is 1. The highest BCUT2D eigenvalue weighted by Crippen LogP contribution is 2.31. The Morgan fingerprint density at radius 2 is 1.92 bits per heavy atom. The number of hydrogen-bond donors (Lipinski definition) is 1. The predicted octanol–water partition coefficient (Wildman–Crippen LogP) is 3.35. The van der Waals surface area contributed by atoms with Crippen LogP contribution >= 0.6 is 11.3 Å². The quantitative estimate of drug-likeness (QED) is 0.668. The third-order valence-electron chi connectivity index (χ3n) is 3.77. The summed E-state index contributed by atoms with van der Waals surface area (Å²) in [5, 5.41) is 3.29. The van der Waals surface area contributed by atoms with Crippen LogP contribution in [0.3, 0.4) is 0 Å². The molecule has 0 radical (unpaired) electrons. The van der Waals surface area contributed by atoms with Crippen molar-refractivity contribution in [2.75, 3.05) is 6.54 Å². The van der Waals surface area contributed by atoms with Gasteiger partial charge in [0.2, 0.25) is 5.91 Å². The number of sulfone groups is 1. The smallest absolute Gasteiger partial charge is 0.224 e. The lowest BCUT2D eigenvalue weighted by atomic mass is 10.1. The van der Waals surface area contributed by atoms with Crippen LogP contribution in [0, 0.1) is 5.82 Å². The van der Waals surface area contributed by atoms with Gasteiger partial charge in [0.05, 0.1) is 12.7 Å². The van der Waals surface area contributed by atoms with Crippen molar-refractivity contribution in [2.45, 2.75) is 15.9 Å². The summed E-state index contributed by atoms with van der Waals surface area (Å²) in [7, 11) is -3.69. The summed E-state index contributed by atoms with van der Waals surface area (Å²) in [5.74, 6) is -0.468. The van der Waals surface area contributed by atoms with Crippen LogP contribution < -0.4 is 5.32 Å². The van der Waals surface area contributed by atoms with E-state index in [0.29, 0.717) is 5.56 Å². The van der Waals surface area contributed by atoms with E-state index in [4.69, 9.17) is 4.42 Å². The minimum Gasteiger partial charge on any atom is -0.468 e. The van der Waals surface area contributed by atoms with Crippen molar-refractivity contribution in [3.63, 3.8) is 0 Å². The minimum atomic E-state index is -3.69. The van der Waals surface area contributed by atoms with Crippen molar-refractivity contribution in [2.24, 2.45) is 0 Å². The Labute approximate surface area is 154 Å². The number of thiophene rings is 1. The zero-order chi connectivity index (χ0) is 18.6. The summed E-state index contributed by atoms with van der Waals surface area (Å²) in [6, 6.07) is 11.9. The number of furan rings is 1. The monoisotopic (exact) mass is 393 g/mol. The molecule has 0 bridgehead atoms. The molecule has 1 unspecified atom stereocenters. The normalized spacial score (nSPS) is 12.7. The van der Waals surface area contributed by atoms with Gasteiger partial charge in [-0.05, 0) is 41.3 Å². The van der Waals surface area contributed by atoms with Crippen LogP contribution in [0.5, 0.6) is 0 Å². The molecule has 0 aliphatic heterocycles. The first kappa shape index (κ1) is 18.3. The Morgan fingerprint density at radius 1 is 1.15 bits per heavy atom. The fraction of sp³-hybridized carbons (Fsp3) is 0.167. The van der Waals surface area contributed by atoms with Crippen LogP contribution in [0.25, 0.3) is 0 Å². The number of hydrogen-bond acceptors (Lipinski definition) is 5. The number of amides is 1. The molecule has 2 aromatic heterocycles. The maximum Gasteiger partial charge on any atom is 0.224 e. The number of benzene rings is 1. The standard InChI is InChI=1S/C18H16FNO4S2/c19-14-7-5-13(6-8-14)11-17(21)20-12-16(15-3-1-9-24-15)26(22,23)18-4-2-10-25-18/h1-10,16H,11-12H2,(H,20,21). The SMILES string of the molecule is O=C(Cc1ccc(F)cc1)NCC(c1ccco1)S(=O)(=O)c1cccs1. The summed E-state index contributed by atoms with van der Waals surface area (Å²) in [6.07, 6.45) is 1.43. The van der Waals surface area contributed by atoms with Crippen LogP contribution in [-0.4, -0.2) is 20.9 Å². The van der Waals surface area contributed by atoms with E-state index in [2.05, 4.69) is 5.32 Å². The molecule has 1 amide bonds. The molecule has 1 atom stereocenters. The average Bonchev–Trinajstić information content (AvgIpc) is 3.30. The Balaban J connectivity index is 1.73. The van der Waals surface area contributed by atoms with Gasteiger partial charge < -0.3 is 9.73 Å². The zero-order valence-corrected chi connectivity index (χ0v) is 15.2. The second-order valence-electron chi connectivity index (χ2n) is 5.59. The molecule has 5 nitrogen and oxygen atoms in total. The topological polar surface area (TPSA) is 76.4 Å². The number of carbonyl (C=O) groups excluding carboxylic acids is 1. The van der Waals surface area contributed by atoms with Crippen LogP contribution in [0.15, 0.2) is 68.8 Å². The van der Waals surface area contributed by atoms with Gasteiger partial charge in [-0.1, -0.05) is 18.2 Å². The van der Waals surface area contributed by atoms with Gasteiger partial charge in [0.1, 0.15) is 21.0 Å². The first-order chi connectivity index (χ1) is 12.5. The van der Waals surface area contributed by atoms with Gasteiger partial charge in [0.25, 0.3) is 0 Å². The maximum atomic E-state index is 12.9. The largest absolute Gasteiger partial charge is 0.468 e.